The Balaban J connectivity index is 1.89. The minimum Gasteiger partial charge on any atom is -0.0654 e. The van der Waals surface area contributed by atoms with Gasteiger partial charge in [0.2, 0.25) is 0 Å². The van der Waals surface area contributed by atoms with Crippen LogP contribution in [0.15, 0.2) is 48.5 Å². The van der Waals surface area contributed by atoms with Gasteiger partial charge in [0.25, 0.3) is 0 Å². The maximum atomic E-state index is 2.64. The van der Waals surface area contributed by atoms with Gasteiger partial charge in [0.15, 0.2) is 0 Å². The monoisotopic (exact) mass is 741 g/mol. The van der Waals surface area contributed by atoms with Crippen molar-refractivity contribution in [2.75, 3.05) is 0 Å². The average molecular weight is 741 g/mol. The molecule has 0 radical (unpaired) electrons. The Kier molecular flexibility index (Phi) is 25.7. The van der Waals surface area contributed by atoms with Crippen LogP contribution in [0.4, 0.5) is 0 Å². The molecule has 0 bridgehead atoms. The molecule has 3 rings (SSSR count). The molecule has 0 heterocycles. The third-order valence-corrected chi connectivity index (χ3v) is 13.7. The molecular formula is C54H92. The van der Waals surface area contributed by atoms with Gasteiger partial charge in [-0.25, -0.2) is 0 Å². The molecule has 2 aromatic carbocycles. The van der Waals surface area contributed by atoms with Crippen LogP contribution in [0.3, 0.4) is 0 Å². The zero-order chi connectivity index (χ0) is 38.4. The maximum absolute atomic E-state index is 2.64. The highest BCUT2D eigenvalue weighted by atomic mass is 14.5. The van der Waals surface area contributed by atoms with Gasteiger partial charge in [-0.05, 0) is 47.9 Å². The average Bonchev–Trinajstić information content (AvgIpc) is 3.20. The summed E-state index contributed by atoms with van der Waals surface area (Å²) in [4.78, 5) is 0. The van der Waals surface area contributed by atoms with Crippen molar-refractivity contribution in [3.05, 3.63) is 70.8 Å². The van der Waals surface area contributed by atoms with Gasteiger partial charge in [-0.3, -0.25) is 0 Å². The first kappa shape index (κ1) is 46.8. The lowest BCUT2D eigenvalue weighted by Crippen LogP contribution is -2.43. The van der Waals surface area contributed by atoms with Gasteiger partial charge < -0.3 is 0 Å². The van der Waals surface area contributed by atoms with E-state index in [0.717, 1.165) is 0 Å². The Morgan fingerprint density at radius 1 is 0.241 bits per heavy atom. The second-order valence-electron chi connectivity index (χ2n) is 18.2. The number of unbranched alkanes of at least 4 members (excludes halogenated alkanes) is 28. The van der Waals surface area contributed by atoms with Gasteiger partial charge in [0, 0.05) is 10.8 Å². The molecule has 0 spiro atoms. The number of fused-ring (bicyclic) bond motifs is 2. The quantitative estimate of drug-likeness (QED) is 0.0610. The lowest BCUT2D eigenvalue weighted by molar-refractivity contribution is 0.324. The molecule has 0 heteroatoms. The third-order valence-electron chi connectivity index (χ3n) is 13.7. The van der Waals surface area contributed by atoms with E-state index in [0.29, 0.717) is 0 Å². The Morgan fingerprint density at radius 3 is 0.593 bits per heavy atom. The molecule has 0 unspecified atom stereocenters. The standard InChI is InChI=1S/C54H92/c1-5-9-13-17-21-25-29-37-45-53(46-38-30-26-22-18-14-10-6-2)49-41-33-35-43-51(49)54(52-44-36-34-42-50(52)53,47-39-31-27-23-19-15-11-7-3)48-40-32-28-24-20-16-12-8-4/h33-36,41-44H,5-32,37-40,45-48H2,1-4H3. The summed E-state index contributed by atoms with van der Waals surface area (Å²) in [7, 11) is 0. The lowest BCUT2D eigenvalue weighted by Gasteiger charge is -2.51. The first-order valence-corrected chi connectivity index (χ1v) is 24.9. The van der Waals surface area contributed by atoms with Crippen molar-refractivity contribution < 1.29 is 0 Å². The van der Waals surface area contributed by atoms with Crippen molar-refractivity contribution in [2.24, 2.45) is 0 Å². The van der Waals surface area contributed by atoms with Crippen molar-refractivity contribution in [1.29, 1.82) is 0 Å². The number of hydrogen-bond donors (Lipinski definition) is 0. The fourth-order valence-electron chi connectivity index (χ4n) is 10.5. The van der Waals surface area contributed by atoms with E-state index in [1.165, 1.54) is 231 Å². The van der Waals surface area contributed by atoms with Crippen LogP contribution < -0.4 is 0 Å². The molecule has 0 nitrogen and oxygen atoms in total. The Labute approximate surface area is 339 Å². The van der Waals surface area contributed by atoms with Crippen LogP contribution in [0.5, 0.6) is 0 Å². The summed E-state index contributed by atoms with van der Waals surface area (Å²) in [6.07, 6.45) is 50.3. The van der Waals surface area contributed by atoms with Crippen LogP contribution in [0.25, 0.3) is 0 Å². The molecule has 1 aliphatic carbocycles. The molecule has 0 amide bonds. The van der Waals surface area contributed by atoms with Crippen LogP contribution >= 0.6 is 0 Å². The largest absolute Gasteiger partial charge is 0.0654 e. The molecule has 0 aromatic heterocycles. The smallest absolute Gasteiger partial charge is 0.0209 e. The van der Waals surface area contributed by atoms with Crippen molar-refractivity contribution in [1.82, 2.24) is 0 Å². The summed E-state index contributed by atoms with van der Waals surface area (Å²) in [6.45, 7) is 9.36. The van der Waals surface area contributed by atoms with Gasteiger partial charge in [-0.15, -0.1) is 0 Å². The fraction of sp³-hybridized carbons (Fsp3) is 0.778. The van der Waals surface area contributed by atoms with Crippen molar-refractivity contribution in [3.8, 4) is 0 Å². The Morgan fingerprint density at radius 2 is 0.407 bits per heavy atom. The second-order valence-corrected chi connectivity index (χ2v) is 18.2. The molecule has 0 saturated carbocycles. The molecule has 0 N–H and O–H groups in total. The lowest BCUT2D eigenvalue weighted by atomic mass is 9.52. The first-order chi connectivity index (χ1) is 26.7. The zero-order valence-electron chi connectivity index (χ0n) is 37.1. The number of rotatable bonds is 36. The summed E-state index contributed by atoms with van der Waals surface area (Å²) in [5.41, 5.74) is 7.31. The first-order valence-electron chi connectivity index (χ1n) is 24.9. The SMILES string of the molecule is CCCCCCCCCCC1(CCCCCCCCCC)c2ccccc2C(CCCCCCCCCC)(CCCCCCCCCC)c2ccccc21. The van der Waals surface area contributed by atoms with Crippen molar-refractivity contribution in [2.45, 2.75) is 270 Å². The van der Waals surface area contributed by atoms with E-state index in [1.54, 1.807) is 22.3 Å². The van der Waals surface area contributed by atoms with Crippen LogP contribution in [0.1, 0.15) is 281 Å². The Hall–Kier alpha value is -1.56. The minimum atomic E-state index is 0.166. The van der Waals surface area contributed by atoms with Crippen LogP contribution in [0.2, 0.25) is 0 Å². The summed E-state index contributed by atoms with van der Waals surface area (Å²) in [6, 6.07) is 20.2. The van der Waals surface area contributed by atoms with Gasteiger partial charge in [0.05, 0.1) is 0 Å². The fourth-order valence-corrected chi connectivity index (χ4v) is 10.5. The molecule has 0 fully saturated rings. The summed E-state index contributed by atoms with van der Waals surface area (Å²) in [5.74, 6) is 0. The molecule has 54 heavy (non-hydrogen) atoms. The van der Waals surface area contributed by atoms with E-state index < -0.39 is 0 Å². The van der Waals surface area contributed by atoms with Gasteiger partial charge in [-0.1, -0.05) is 282 Å². The molecule has 308 valence electrons. The predicted molar refractivity (Wildman–Crippen MR) is 243 cm³/mol. The molecule has 0 atom stereocenters. The van der Waals surface area contributed by atoms with E-state index in [1.807, 2.05) is 0 Å². The normalized spacial score (nSPS) is 14.3. The second kappa shape index (κ2) is 29.6. The topological polar surface area (TPSA) is 0 Å². The number of benzene rings is 2. The predicted octanol–water partition coefficient (Wildman–Crippen LogP) is 18.7. The van der Waals surface area contributed by atoms with Gasteiger partial charge in [-0.2, -0.15) is 0 Å². The van der Waals surface area contributed by atoms with Crippen LogP contribution in [-0.4, -0.2) is 0 Å². The maximum Gasteiger partial charge on any atom is 0.0209 e. The van der Waals surface area contributed by atoms with E-state index in [2.05, 4.69) is 76.2 Å². The molecular weight excluding hydrogens is 649 g/mol. The van der Waals surface area contributed by atoms with Gasteiger partial charge in [0.1, 0.15) is 0 Å². The molecule has 1 aliphatic rings. The Bertz CT molecular complexity index is 975. The summed E-state index contributed by atoms with van der Waals surface area (Å²) in [5, 5.41) is 0. The van der Waals surface area contributed by atoms with Crippen LogP contribution in [0, 0.1) is 0 Å². The van der Waals surface area contributed by atoms with E-state index >= 15 is 0 Å². The highest BCUT2D eigenvalue weighted by Gasteiger charge is 2.49. The van der Waals surface area contributed by atoms with E-state index in [-0.39, 0.29) is 10.8 Å². The molecule has 0 saturated heterocycles. The molecule has 0 aliphatic heterocycles. The zero-order valence-corrected chi connectivity index (χ0v) is 37.1. The minimum absolute atomic E-state index is 0.166. The number of hydrogen-bond acceptors (Lipinski definition) is 0. The van der Waals surface area contributed by atoms with E-state index in [9.17, 15) is 0 Å². The van der Waals surface area contributed by atoms with Crippen LogP contribution in [-0.2, 0) is 10.8 Å². The van der Waals surface area contributed by atoms with Crippen molar-refractivity contribution >= 4 is 0 Å². The summed E-state index contributed by atoms with van der Waals surface area (Å²) < 4.78 is 0. The third kappa shape index (κ3) is 15.8. The highest BCUT2D eigenvalue weighted by Crippen LogP contribution is 2.57. The molecule has 2 aromatic rings. The summed E-state index contributed by atoms with van der Waals surface area (Å²) >= 11 is 0. The van der Waals surface area contributed by atoms with Gasteiger partial charge >= 0.3 is 0 Å². The van der Waals surface area contributed by atoms with E-state index in [4.69, 9.17) is 0 Å². The highest BCUT2D eigenvalue weighted by molar-refractivity contribution is 5.60. The van der Waals surface area contributed by atoms with Crippen molar-refractivity contribution in [3.63, 3.8) is 0 Å².